The Balaban J connectivity index is 2.98. The molecular weight excluding hydrogens is 248 g/mol. The van der Waals surface area contributed by atoms with Crippen molar-refractivity contribution in [2.24, 2.45) is 5.92 Å². The molecule has 0 spiro atoms. The maximum atomic E-state index is 11.1. The highest BCUT2D eigenvalue weighted by atomic mass is 16.6. The first-order valence-corrected chi connectivity index (χ1v) is 6.52. The summed E-state index contributed by atoms with van der Waals surface area (Å²) >= 11 is 0. The first-order valence-electron chi connectivity index (χ1n) is 6.52. The largest absolute Gasteiger partial charge is 0.391 e. The quantitative estimate of drug-likeness (QED) is 0.583. The lowest BCUT2D eigenvalue weighted by molar-refractivity contribution is -0.384. The van der Waals surface area contributed by atoms with E-state index in [0.29, 0.717) is 18.1 Å². The Labute approximate surface area is 112 Å². The molecule has 0 amide bonds. The highest BCUT2D eigenvalue weighted by Gasteiger charge is 2.25. The number of hydrogen-bond acceptors (Lipinski definition) is 5. The van der Waals surface area contributed by atoms with E-state index in [1.165, 1.54) is 0 Å². The van der Waals surface area contributed by atoms with Gasteiger partial charge in [0.25, 0.3) is 0 Å². The summed E-state index contributed by atoms with van der Waals surface area (Å²) in [5, 5.41) is 28.0. The Bertz CT molecular complexity index is 442. The fourth-order valence-electron chi connectivity index (χ4n) is 1.78. The number of aromatic nitrogens is 2. The summed E-state index contributed by atoms with van der Waals surface area (Å²) in [6.45, 7) is 8.27. The van der Waals surface area contributed by atoms with Crippen molar-refractivity contribution in [1.82, 2.24) is 9.78 Å². The number of hydrogen-bond donors (Lipinski definition) is 2. The molecule has 0 aromatic carbocycles. The van der Waals surface area contributed by atoms with Crippen LogP contribution in [-0.2, 0) is 6.54 Å². The number of rotatable bonds is 7. The maximum Gasteiger partial charge on any atom is 0.333 e. The summed E-state index contributed by atoms with van der Waals surface area (Å²) < 4.78 is 1.60. The lowest BCUT2D eigenvalue weighted by Crippen LogP contribution is -2.26. The van der Waals surface area contributed by atoms with Crippen molar-refractivity contribution in [3.63, 3.8) is 0 Å². The molecule has 1 atom stereocenters. The van der Waals surface area contributed by atoms with E-state index in [9.17, 15) is 15.2 Å². The van der Waals surface area contributed by atoms with Crippen LogP contribution < -0.4 is 5.32 Å². The average Bonchev–Trinajstić information content (AvgIpc) is 2.62. The predicted molar refractivity (Wildman–Crippen MR) is 73.2 cm³/mol. The van der Waals surface area contributed by atoms with E-state index in [1.54, 1.807) is 11.6 Å². The van der Waals surface area contributed by atoms with Gasteiger partial charge in [-0.05, 0) is 19.3 Å². The zero-order valence-electron chi connectivity index (χ0n) is 11.9. The Kier molecular flexibility index (Phi) is 5.29. The smallest absolute Gasteiger partial charge is 0.333 e. The van der Waals surface area contributed by atoms with Crippen LogP contribution in [0.4, 0.5) is 11.5 Å². The number of nitrogens with zero attached hydrogens (tertiary/aromatic N) is 3. The monoisotopic (exact) mass is 270 g/mol. The average molecular weight is 270 g/mol. The van der Waals surface area contributed by atoms with E-state index in [0.717, 1.165) is 6.42 Å². The summed E-state index contributed by atoms with van der Waals surface area (Å²) in [4.78, 5) is 10.7. The molecule has 0 bridgehead atoms. The fraction of sp³-hybridized carbons (Fsp3) is 0.750. The van der Waals surface area contributed by atoms with E-state index < -0.39 is 11.0 Å². The molecule has 0 aliphatic carbocycles. The van der Waals surface area contributed by atoms with Gasteiger partial charge in [-0.2, -0.15) is 5.10 Å². The van der Waals surface area contributed by atoms with Crippen molar-refractivity contribution >= 4 is 11.5 Å². The summed E-state index contributed by atoms with van der Waals surface area (Å²) in [6, 6.07) is 0. The molecule has 1 aromatic rings. The molecule has 0 saturated heterocycles. The fourth-order valence-corrected chi connectivity index (χ4v) is 1.78. The topological polar surface area (TPSA) is 93.2 Å². The SMILES string of the molecule is CCCn1nc(C)c([N+](=O)[O-])c1NCC(O)C(C)C. The van der Waals surface area contributed by atoms with Gasteiger partial charge >= 0.3 is 5.69 Å². The van der Waals surface area contributed by atoms with E-state index in [-0.39, 0.29) is 18.2 Å². The van der Waals surface area contributed by atoms with Gasteiger partial charge in [0, 0.05) is 13.1 Å². The molecule has 1 heterocycles. The molecule has 1 rings (SSSR count). The second-order valence-electron chi connectivity index (χ2n) is 4.96. The van der Waals surface area contributed by atoms with Crippen LogP contribution in [0.25, 0.3) is 0 Å². The van der Waals surface area contributed by atoms with Gasteiger partial charge in [-0.25, -0.2) is 4.68 Å². The van der Waals surface area contributed by atoms with Crippen molar-refractivity contribution in [1.29, 1.82) is 0 Å². The molecule has 19 heavy (non-hydrogen) atoms. The third-order valence-corrected chi connectivity index (χ3v) is 2.96. The minimum Gasteiger partial charge on any atom is -0.391 e. The molecule has 2 N–H and O–H groups in total. The molecule has 0 aliphatic rings. The van der Waals surface area contributed by atoms with Crippen LogP contribution in [0.1, 0.15) is 32.9 Å². The van der Waals surface area contributed by atoms with Gasteiger partial charge in [0.2, 0.25) is 5.82 Å². The number of nitrogens with one attached hydrogen (secondary N) is 1. The van der Waals surface area contributed by atoms with Gasteiger partial charge in [-0.1, -0.05) is 20.8 Å². The molecular formula is C12H22N4O3. The van der Waals surface area contributed by atoms with Crippen LogP contribution in [0.15, 0.2) is 0 Å². The molecule has 1 unspecified atom stereocenters. The minimum atomic E-state index is -0.551. The highest BCUT2D eigenvalue weighted by molar-refractivity contribution is 5.59. The molecule has 0 aliphatic heterocycles. The maximum absolute atomic E-state index is 11.1. The third-order valence-electron chi connectivity index (χ3n) is 2.96. The van der Waals surface area contributed by atoms with E-state index >= 15 is 0 Å². The predicted octanol–water partition coefficient (Wildman–Crippen LogP) is 1.94. The van der Waals surface area contributed by atoms with Gasteiger partial charge in [-0.3, -0.25) is 10.1 Å². The number of nitro groups is 1. The van der Waals surface area contributed by atoms with Gasteiger partial charge < -0.3 is 10.4 Å². The Morgan fingerprint density at radius 2 is 2.16 bits per heavy atom. The second-order valence-corrected chi connectivity index (χ2v) is 4.96. The molecule has 7 nitrogen and oxygen atoms in total. The van der Waals surface area contributed by atoms with E-state index in [4.69, 9.17) is 0 Å². The number of aliphatic hydroxyl groups excluding tert-OH is 1. The highest BCUT2D eigenvalue weighted by Crippen LogP contribution is 2.28. The van der Waals surface area contributed by atoms with Crippen molar-refractivity contribution in [3.8, 4) is 0 Å². The van der Waals surface area contributed by atoms with Crippen LogP contribution in [0, 0.1) is 23.0 Å². The van der Waals surface area contributed by atoms with Gasteiger partial charge in [0.05, 0.1) is 11.0 Å². The van der Waals surface area contributed by atoms with E-state index in [2.05, 4.69) is 10.4 Å². The summed E-state index contributed by atoms with van der Waals surface area (Å²) in [5.41, 5.74) is 0.379. The normalized spacial score (nSPS) is 12.7. The third kappa shape index (κ3) is 3.66. The zero-order valence-corrected chi connectivity index (χ0v) is 11.9. The van der Waals surface area contributed by atoms with Crippen LogP contribution >= 0.6 is 0 Å². The Hall–Kier alpha value is -1.63. The molecule has 108 valence electrons. The summed E-state index contributed by atoms with van der Waals surface area (Å²) in [7, 11) is 0. The first-order chi connectivity index (χ1) is 8.88. The standard InChI is InChI=1S/C12H22N4O3/c1-5-6-15-12(13-7-10(17)8(2)3)11(16(18)19)9(4)14-15/h8,10,13,17H,5-7H2,1-4H3. The molecule has 7 heteroatoms. The van der Waals surface area contributed by atoms with Gasteiger partial charge in [0.15, 0.2) is 0 Å². The van der Waals surface area contributed by atoms with Crippen LogP contribution in [0.3, 0.4) is 0 Å². The number of aryl methyl sites for hydroxylation is 2. The van der Waals surface area contributed by atoms with Gasteiger partial charge in [-0.15, -0.1) is 0 Å². The van der Waals surface area contributed by atoms with Crippen molar-refractivity contribution in [2.75, 3.05) is 11.9 Å². The van der Waals surface area contributed by atoms with Crippen molar-refractivity contribution in [3.05, 3.63) is 15.8 Å². The molecule has 1 aromatic heterocycles. The van der Waals surface area contributed by atoms with Crippen molar-refractivity contribution < 1.29 is 10.0 Å². The molecule has 0 saturated carbocycles. The van der Waals surface area contributed by atoms with Crippen LogP contribution in [0.5, 0.6) is 0 Å². The zero-order chi connectivity index (χ0) is 14.6. The summed E-state index contributed by atoms with van der Waals surface area (Å²) in [6.07, 6.45) is 0.282. The minimum absolute atomic E-state index is 0.00981. The van der Waals surface area contributed by atoms with Crippen molar-refractivity contribution in [2.45, 2.75) is 46.8 Å². The van der Waals surface area contributed by atoms with Crippen LogP contribution in [0.2, 0.25) is 0 Å². The molecule has 0 radical (unpaired) electrons. The number of anilines is 1. The Morgan fingerprint density at radius 1 is 1.53 bits per heavy atom. The van der Waals surface area contributed by atoms with Crippen LogP contribution in [-0.4, -0.2) is 32.5 Å². The summed E-state index contributed by atoms with van der Waals surface area (Å²) in [5.74, 6) is 0.472. The van der Waals surface area contributed by atoms with E-state index in [1.807, 2.05) is 20.8 Å². The molecule has 0 fully saturated rings. The number of aliphatic hydroxyl groups is 1. The lowest BCUT2D eigenvalue weighted by Gasteiger charge is -2.16. The lowest BCUT2D eigenvalue weighted by atomic mass is 10.1. The first kappa shape index (κ1) is 15.4. The van der Waals surface area contributed by atoms with Gasteiger partial charge in [0.1, 0.15) is 5.69 Å². The second kappa shape index (κ2) is 6.51. The Morgan fingerprint density at radius 3 is 2.63 bits per heavy atom.